The molecule has 1 heterocycles. The summed E-state index contributed by atoms with van der Waals surface area (Å²) in [7, 11) is 0. The summed E-state index contributed by atoms with van der Waals surface area (Å²) in [5.74, 6) is -0.152. The van der Waals surface area contributed by atoms with Gasteiger partial charge in [0, 0.05) is 11.1 Å². The molecule has 1 unspecified atom stereocenters. The molecule has 0 fully saturated rings. The number of H-pyrrole nitrogens is 1. The summed E-state index contributed by atoms with van der Waals surface area (Å²) in [6, 6.07) is 25.2. The van der Waals surface area contributed by atoms with E-state index in [0.717, 1.165) is 22.5 Å². The van der Waals surface area contributed by atoms with Gasteiger partial charge in [0.15, 0.2) is 5.16 Å². The molecule has 2 N–H and O–H groups in total. The summed E-state index contributed by atoms with van der Waals surface area (Å²) >= 11 is 13.7. The van der Waals surface area contributed by atoms with E-state index in [-0.39, 0.29) is 11.2 Å². The highest BCUT2D eigenvalue weighted by Gasteiger charge is 2.23. The Kier molecular flexibility index (Phi) is 7.20. The third kappa shape index (κ3) is 5.01. The molecule has 4 aromatic rings. The topological polar surface area (TPSA) is 57.8 Å². The van der Waals surface area contributed by atoms with Crippen molar-refractivity contribution in [3.63, 3.8) is 0 Å². The van der Waals surface area contributed by atoms with Crippen molar-refractivity contribution in [3.8, 4) is 22.5 Å². The third-order valence-electron chi connectivity index (χ3n) is 4.92. The average molecular weight is 482 g/mol. The van der Waals surface area contributed by atoms with E-state index in [9.17, 15) is 4.79 Å². The zero-order valence-electron chi connectivity index (χ0n) is 17.3. The van der Waals surface area contributed by atoms with Crippen molar-refractivity contribution in [1.82, 2.24) is 9.97 Å². The number of rotatable bonds is 7. The lowest BCUT2D eigenvalue weighted by Gasteiger charge is -2.14. The Morgan fingerprint density at radius 3 is 2.28 bits per heavy atom. The highest BCUT2D eigenvalue weighted by Crippen LogP contribution is 2.35. The van der Waals surface area contributed by atoms with Crippen molar-refractivity contribution in [1.29, 1.82) is 0 Å². The Labute approximate surface area is 201 Å². The van der Waals surface area contributed by atoms with Crippen molar-refractivity contribution >= 4 is 46.6 Å². The maximum Gasteiger partial charge on any atom is 0.238 e. The van der Waals surface area contributed by atoms with E-state index in [2.05, 4.69) is 10.3 Å². The minimum atomic E-state index is -0.358. The first-order chi connectivity index (χ1) is 15.6. The van der Waals surface area contributed by atoms with Crippen LogP contribution in [0.5, 0.6) is 0 Å². The van der Waals surface area contributed by atoms with E-state index in [1.807, 2.05) is 67.6 Å². The Morgan fingerprint density at radius 2 is 1.62 bits per heavy atom. The first-order valence-electron chi connectivity index (χ1n) is 10.2. The van der Waals surface area contributed by atoms with Crippen LogP contribution in [-0.2, 0) is 4.79 Å². The van der Waals surface area contributed by atoms with Gasteiger partial charge in [-0.1, -0.05) is 109 Å². The molecule has 1 amide bonds. The predicted octanol–water partition coefficient (Wildman–Crippen LogP) is 7.56. The summed E-state index contributed by atoms with van der Waals surface area (Å²) < 4.78 is 0. The van der Waals surface area contributed by atoms with E-state index in [1.54, 1.807) is 18.2 Å². The predicted molar refractivity (Wildman–Crippen MR) is 134 cm³/mol. The van der Waals surface area contributed by atoms with Gasteiger partial charge in [-0.25, -0.2) is 4.98 Å². The molecule has 0 saturated carbocycles. The third-order valence-corrected chi connectivity index (χ3v) is 6.99. The number of aromatic nitrogens is 2. The molecular weight excluding hydrogens is 461 g/mol. The second-order valence-electron chi connectivity index (χ2n) is 7.10. The number of hydrogen-bond donors (Lipinski definition) is 2. The number of anilines is 1. The molecule has 7 heteroatoms. The van der Waals surface area contributed by atoms with Crippen molar-refractivity contribution in [3.05, 3.63) is 88.9 Å². The fourth-order valence-corrected chi connectivity index (χ4v) is 4.55. The monoisotopic (exact) mass is 481 g/mol. The maximum absolute atomic E-state index is 13.0. The highest BCUT2D eigenvalue weighted by molar-refractivity contribution is 8.00. The molecule has 4 nitrogen and oxygen atoms in total. The van der Waals surface area contributed by atoms with Crippen LogP contribution in [0.4, 0.5) is 5.69 Å². The minimum absolute atomic E-state index is 0.152. The van der Waals surface area contributed by atoms with E-state index in [1.165, 1.54) is 11.8 Å². The van der Waals surface area contributed by atoms with Crippen LogP contribution in [0.1, 0.15) is 13.3 Å². The van der Waals surface area contributed by atoms with Gasteiger partial charge in [0.25, 0.3) is 0 Å². The number of carbonyl (C=O) groups excluding carboxylic acids is 1. The van der Waals surface area contributed by atoms with Crippen LogP contribution in [0, 0.1) is 0 Å². The Hall–Kier alpha value is -2.73. The highest BCUT2D eigenvalue weighted by atomic mass is 35.5. The van der Waals surface area contributed by atoms with E-state index in [4.69, 9.17) is 28.2 Å². The van der Waals surface area contributed by atoms with Gasteiger partial charge in [-0.3, -0.25) is 4.79 Å². The van der Waals surface area contributed by atoms with Gasteiger partial charge in [0.2, 0.25) is 5.91 Å². The molecule has 32 heavy (non-hydrogen) atoms. The maximum atomic E-state index is 13.0. The van der Waals surface area contributed by atoms with Crippen LogP contribution in [0.25, 0.3) is 22.5 Å². The van der Waals surface area contributed by atoms with Crippen LogP contribution in [0.3, 0.4) is 0 Å². The zero-order chi connectivity index (χ0) is 22.5. The van der Waals surface area contributed by atoms with E-state index in [0.29, 0.717) is 27.3 Å². The lowest BCUT2D eigenvalue weighted by Crippen LogP contribution is -2.24. The van der Waals surface area contributed by atoms with Gasteiger partial charge in [-0.05, 0) is 18.6 Å². The number of nitrogens with zero attached hydrogens (tertiary/aromatic N) is 1. The Morgan fingerprint density at radius 1 is 0.969 bits per heavy atom. The van der Waals surface area contributed by atoms with Crippen LogP contribution >= 0.6 is 35.0 Å². The Balaban J connectivity index is 1.62. The first-order valence-corrected chi connectivity index (χ1v) is 11.8. The molecule has 0 spiro atoms. The smallest absolute Gasteiger partial charge is 0.238 e. The lowest BCUT2D eigenvalue weighted by molar-refractivity contribution is -0.115. The number of benzene rings is 3. The van der Waals surface area contributed by atoms with Gasteiger partial charge in [0.1, 0.15) is 0 Å². The normalized spacial score (nSPS) is 11.8. The van der Waals surface area contributed by atoms with Gasteiger partial charge in [-0.15, -0.1) is 0 Å². The van der Waals surface area contributed by atoms with E-state index < -0.39 is 0 Å². The number of amides is 1. The number of thioether (sulfide) groups is 1. The zero-order valence-corrected chi connectivity index (χ0v) is 19.6. The lowest BCUT2D eigenvalue weighted by atomic mass is 10.1. The molecule has 162 valence electrons. The van der Waals surface area contributed by atoms with Crippen molar-refractivity contribution < 1.29 is 4.79 Å². The second kappa shape index (κ2) is 10.3. The van der Waals surface area contributed by atoms with Gasteiger partial charge in [-0.2, -0.15) is 0 Å². The summed E-state index contributed by atoms with van der Waals surface area (Å²) in [4.78, 5) is 21.2. The van der Waals surface area contributed by atoms with Crippen molar-refractivity contribution in [2.75, 3.05) is 5.32 Å². The number of hydrogen-bond acceptors (Lipinski definition) is 3. The number of carbonyl (C=O) groups is 1. The van der Waals surface area contributed by atoms with Crippen molar-refractivity contribution in [2.45, 2.75) is 23.8 Å². The summed E-state index contributed by atoms with van der Waals surface area (Å²) in [5, 5.41) is 3.94. The second-order valence-corrected chi connectivity index (χ2v) is 9.08. The minimum Gasteiger partial charge on any atom is -0.332 e. The molecular formula is C25H21Cl2N3OS. The largest absolute Gasteiger partial charge is 0.332 e. The first kappa shape index (κ1) is 22.5. The molecule has 1 atom stereocenters. The molecule has 0 radical (unpaired) electrons. The van der Waals surface area contributed by atoms with Crippen LogP contribution in [0.2, 0.25) is 10.0 Å². The number of aromatic amines is 1. The van der Waals surface area contributed by atoms with Crippen LogP contribution < -0.4 is 5.32 Å². The molecule has 0 saturated heterocycles. The quantitative estimate of drug-likeness (QED) is 0.267. The summed E-state index contributed by atoms with van der Waals surface area (Å²) in [6.07, 6.45) is 0.622. The number of halogens is 2. The van der Waals surface area contributed by atoms with Gasteiger partial charge in [0.05, 0.1) is 32.4 Å². The average Bonchev–Trinajstić information content (AvgIpc) is 3.25. The molecule has 0 aliphatic rings. The molecule has 0 aliphatic heterocycles. The Bertz CT molecular complexity index is 1160. The van der Waals surface area contributed by atoms with Gasteiger partial charge >= 0.3 is 0 Å². The number of nitrogens with one attached hydrogen (secondary N) is 2. The van der Waals surface area contributed by atoms with E-state index >= 15 is 0 Å². The summed E-state index contributed by atoms with van der Waals surface area (Å²) in [6.45, 7) is 1.97. The molecule has 0 bridgehead atoms. The number of imidazole rings is 1. The van der Waals surface area contributed by atoms with Crippen LogP contribution in [-0.4, -0.2) is 21.1 Å². The standard InChI is InChI=1S/C25H21Cl2N3OS/c1-2-20(24(31)28-19-15-9-14-18(26)21(19)27)32-25-29-22(16-10-5-3-6-11-16)23(30-25)17-12-7-4-8-13-17/h3-15,20H,2H2,1H3,(H,28,31)(H,29,30). The van der Waals surface area contributed by atoms with Gasteiger partial charge < -0.3 is 10.3 Å². The van der Waals surface area contributed by atoms with Crippen LogP contribution in [0.15, 0.2) is 84.0 Å². The fraction of sp³-hybridized carbons (Fsp3) is 0.120. The molecule has 3 aromatic carbocycles. The van der Waals surface area contributed by atoms with Crippen molar-refractivity contribution in [2.24, 2.45) is 0 Å². The molecule has 4 rings (SSSR count). The molecule has 1 aromatic heterocycles. The summed E-state index contributed by atoms with van der Waals surface area (Å²) in [5.41, 5.74) is 4.32. The SMILES string of the molecule is CCC(Sc1nc(-c2ccccc2)c(-c2ccccc2)[nH]1)C(=O)Nc1cccc(Cl)c1Cl. The molecule has 0 aliphatic carbocycles. The fourth-order valence-electron chi connectivity index (χ4n) is 3.30.